The van der Waals surface area contributed by atoms with Crippen molar-refractivity contribution < 1.29 is 19.2 Å². The van der Waals surface area contributed by atoms with E-state index in [2.05, 4.69) is 10.2 Å². The molecule has 1 aliphatic rings. The maximum absolute atomic E-state index is 12.5. The number of benzene rings is 2. The first-order chi connectivity index (χ1) is 14.0. The molecule has 2 aromatic carbocycles. The quantitative estimate of drug-likeness (QED) is 0.559. The predicted octanol–water partition coefficient (Wildman–Crippen LogP) is 4.00. The van der Waals surface area contributed by atoms with Crippen LogP contribution in [0.1, 0.15) is 26.2 Å². The summed E-state index contributed by atoms with van der Waals surface area (Å²) in [5, 5.41) is 14.0. The van der Waals surface area contributed by atoms with Crippen molar-refractivity contribution in [3.05, 3.63) is 52.6 Å². The maximum atomic E-state index is 12.5. The molecule has 1 saturated heterocycles. The van der Waals surface area contributed by atoms with Crippen molar-refractivity contribution in [3.63, 3.8) is 0 Å². The van der Waals surface area contributed by atoms with Gasteiger partial charge in [0.2, 0.25) is 0 Å². The van der Waals surface area contributed by atoms with Crippen molar-refractivity contribution in [2.24, 2.45) is 0 Å². The van der Waals surface area contributed by atoms with Crippen LogP contribution in [0.5, 0.6) is 11.5 Å². The largest absolute Gasteiger partial charge is 0.496 e. The molecule has 1 N–H and O–H groups in total. The zero-order valence-electron chi connectivity index (χ0n) is 16.6. The van der Waals surface area contributed by atoms with Gasteiger partial charge in [-0.15, -0.1) is 0 Å². The molecular weight excluding hydrogens is 374 g/mol. The average Bonchev–Trinajstić information content (AvgIpc) is 2.75. The third-order valence-corrected chi connectivity index (χ3v) is 4.89. The average molecular weight is 399 g/mol. The lowest BCUT2D eigenvalue weighted by atomic mass is 10.1. The van der Waals surface area contributed by atoms with Gasteiger partial charge in [-0.05, 0) is 62.6 Å². The van der Waals surface area contributed by atoms with Gasteiger partial charge in [0.25, 0.3) is 5.91 Å². The molecule has 0 saturated carbocycles. The molecule has 0 radical (unpaired) electrons. The van der Waals surface area contributed by atoms with Gasteiger partial charge in [0.05, 0.1) is 18.1 Å². The Morgan fingerprint density at radius 3 is 2.45 bits per heavy atom. The molecule has 8 nitrogen and oxygen atoms in total. The SMILES string of the molecule is COc1ccc(OC(C)C(=O)Nc2ccc(N3CCCCC3)cc2)c([N+](=O)[O-])c1. The number of hydrogen-bond acceptors (Lipinski definition) is 6. The minimum absolute atomic E-state index is 0.0129. The zero-order chi connectivity index (χ0) is 20.8. The van der Waals surface area contributed by atoms with Gasteiger partial charge in [-0.1, -0.05) is 0 Å². The summed E-state index contributed by atoms with van der Waals surface area (Å²) in [6, 6.07) is 11.9. The molecule has 154 valence electrons. The Morgan fingerprint density at radius 1 is 1.14 bits per heavy atom. The monoisotopic (exact) mass is 399 g/mol. The number of carbonyl (C=O) groups is 1. The molecule has 3 rings (SSSR count). The van der Waals surface area contributed by atoms with Crippen LogP contribution in [-0.2, 0) is 4.79 Å². The fourth-order valence-electron chi connectivity index (χ4n) is 3.26. The number of carbonyl (C=O) groups excluding carboxylic acids is 1. The third kappa shape index (κ3) is 5.16. The van der Waals surface area contributed by atoms with Crippen LogP contribution in [-0.4, -0.2) is 37.1 Å². The Kier molecular flexibility index (Phi) is 6.54. The molecule has 1 aliphatic heterocycles. The highest BCUT2D eigenvalue weighted by atomic mass is 16.6. The predicted molar refractivity (Wildman–Crippen MR) is 111 cm³/mol. The zero-order valence-corrected chi connectivity index (χ0v) is 16.6. The Hall–Kier alpha value is -3.29. The smallest absolute Gasteiger partial charge is 0.314 e. The van der Waals surface area contributed by atoms with Crippen LogP contribution >= 0.6 is 0 Å². The van der Waals surface area contributed by atoms with Crippen molar-refractivity contribution in [2.45, 2.75) is 32.3 Å². The molecule has 1 unspecified atom stereocenters. The van der Waals surface area contributed by atoms with Crippen LogP contribution < -0.4 is 19.7 Å². The second kappa shape index (κ2) is 9.27. The number of amides is 1. The minimum atomic E-state index is -0.913. The molecule has 0 bridgehead atoms. The van der Waals surface area contributed by atoms with Gasteiger partial charge in [0.15, 0.2) is 11.9 Å². The van der Waals surface area contributed by atoms with E-state index in [1.165, 1.54) is 38.5 Å². The summed E-state index contributed by atoms with van der Waals surface area (Å²) < 4.78 is 10.5. The topological polar surface area (TPSA) is 93.9 Å². The number of nitro benzene ring substituents is 1. The van der Waals surface area contributed by atoms with Crippen molar-refractivity contribution in [1.29, 1.82) is 0 Å². The van der Waals surface area contributed by atoms with E-state index in [9.17, 15) is 14.9 Å². The Labute approximate surface area is 169 Å². The van der Waals surface area contributed by atoms with Crippen molar-refractivity contribution in [2.75, 3.05) is 30.4 Å². The summed E-state index contributed by atoms with van der Waals surface area (Å²) in [7, 11) is 1.42. The molecule has 2 aromatic rings. The Balaban J connectivity index is 1.63. The van der Waals surface area contributed by atoms with Gasteiger partial charge in [-0.3, -0.25) is 14.9 Å². The number of ether oxygens (including phenoxy) is 2. The molecule has 0 aromatic heterocycles. The van der Waals surface area contributed by atoms with E-state index in [0.717, 1.165) is 18.8 Å². The first-order valence-corrected chi connectivity index (χ1v) is 9.63. The lowest BCUT2D eigenvalue weighted by Gasteiger charge is -2.28. The van der Waals surface area contributed by atoms with E-state index in [1.807, 2.05) is 24.3 Å². The highest BCUT2D eigenvalue weighted by Gasteiger charge is 2.22. The molecular formula is C21H25N3O5. The van der Waals surface area contributed by atoms with Gasteiger partial charge in [0.1, 0.15) is 5.75 Å². The lowest BCUT2D eigenvalue weighted by molar-refractivity contribution is -0.386. The summed E-state index contributed by atoms with van der Waals surface area (Å²) in [6.07, 6.45) is 2.76. The molecule has 1 atom stereocenters. The summed E-state index contributed by atoms with van der Waals surface area (Å²) in [4.78, 5) is 25.5. The second-order valence-corrected chi connectivity index (χ2v) is 6.93. The molecule has 1 heterocycles. The molecule has 0 spiro atoms. The third-order valence-electron chi connectivity index (χ3n) is 4.89. The van der Waals surface area contributed by atoms with Crippen LogP contribution in [0.25, 0.3) is 0 Å². The van der Waals surface area contributed by atoms with E-state index in [-0.39, 0.29) is 17.3 Å². The van der Waals surface area contributed by atoms with Crippen LogP contribution in [0.3, 0.4) is 0 Å². The molecule has 8 heteroatoms. The normalized spacial score (nSPS) is 14.8. The van der Waals surface area contributed by atoms with E-state index in [1.54, 1.807) is 13.0 Å². The maximum Gasteiger partial charge on any atom is 0.314 e. The highest BCUT2D eigenvalue weighted by molar-refractivity contribution is 5.94. The van der Waals surface area contributed by atoms with E-state index in [0.29, 0.717) is 11.4 Å². The van der Waals surface area contributed by atoms with Crippen molar-refractivity contribution >= 4 is 23.0 Å². The second-order valence-electron chi connectivity index (χ2n) is 6.93. The first kappa shape index (κ1) is 20.4. The lowest BCUT2D eigenvalue weighted by Crippen LogP contribution is -2.30. The van der Waals surface area contributed by atoms with Crippen LogP contribution in [0, 0.1) is 10.1 Å². The Morgan fingerprint density at radius 2 is 1.83 bits per heavy atom. The number of nitrogens with zero attached hydrogens (tertiary/aromatic N) is 2. The number of piperidine rings is 1. The van der Waals surface area contributed by atoms with Crippen LogP contribution in [0.2, 0.25) is 0 Å². The fourth-order valence-corrected chi connectivity index (χ4v) is 3.26. The summed E-state index contributed by atoms with van der Waals surface area (Å²) in [6.45, 7) is 3.65. The number of nitrogens with one attached hydrogen (secondary N) is 1. The van der Waals surface area contributed by atoms with E-state index in [4.69, 9.17) is 9.47 Å². The minimum Gasteiger partial charge on any atom is -0.496 e. The number of nitro groups is 1. The summed E-state index contributed by atoms with van der Waals surface area (Å²) >= 11 is 0. The molecule has 1 fully saturated rings. The Bertz CT molecular complexity index is 863. The van der Waals surface area contributed by atoms with Gasteiger partial charge < -0.3 is 19.7 Å². The van der Waals surface area contributed by atoms with Crippen molar-refractivity contribution in [1.82, 2.24) is 0 Å². The van der Waals surface area contributed by atoms with Crippen LogP contribution in [0.15, 0.2) is 42.5 Å². The number of rotatable bonds is 7. The standard InChI is InChI=1S/C21H25N3O5/c1-15(29-20-11-10-18(28-2)14-19(20)24(26)27)21(25)22-16-6-8-17(9-7-16)23-12-4-3-5-13-23/h6-11,14-15H,3-5,12-13H2,1-2H3,(H,22,25). The summed E-state index contributed by atoms with van der Waals surface area (Å²) in [5.41, 5.74) is 1.53. The van der Waals surface area contributed by atoms with Gasteiger partial charge in [-0.25, -0.2) is 0 Å². The van der Waals surface area contributed by atoms with Crippen molar-refractivity contribution in [3.8, 4) is 11.5 Å². The first-order valence-electron chi connectivity index (χ1n) is 9.63. The number of anilines is 2. The molecule has 0 aliphatic carbocycles. The summed E-state index contributed by atoms with van der Waals surface area (Å²) in [5.74, 6) is -0.0327. The van der Waals surface area contributed by atoms with E-state index < -0.39 is 11.0 Å². The van der Waals surface area contributed by atoms with Gasteiger partial charge >= 0.3 is 5.69 Å². The molecule has 29 heavy (non-hydrogen) atoms. The highest BCUT2D eigenvalue weighted by Crippen LogP contribution is 2.32. The fraction of sp³-hybridized carbons (Fsp3) is 0.381. The number of methoxy groups -OCH3 is 1. The molecule has 1 amide bonds. The number of hydrogen-bond donors (Lipinski definition) is 1. The van der Waals surface area contributed by atoms with Gasteiger partial charge in [0, 0.05) is 24.5 Å². The van der Waals surface area contributed by atoms with Gasteiger partial charge in [-0.2, -0.15) is 0 Å². The van der Waals surface area contributed by atoms with E-state index >= 15 is 0 Å². The van der Waals surface area contributed by atoms with Crippen LogP contribution in [0.4, 0.5) is 17.1 Å².